The number of nitrogens with two attached hydrogens (primary N) is 1. The van der Waals surface area contributed by atoms with Gasteiger partial charge in [0.15, 0.2) is 11.6 Å². The molecule has 0 spiro atoms. The van der Waals surface area contributed by atoms with Gasteiger partial charge >= 0.3 is 0 Å². The van der Waals surface area contributed by atoms with Gasteiger partial charge in [-0.05, 0) is 25.8 Å². The largest absolute Gasteiger partial charge is 0.381 e. The van der Waals surface area contributed by atoms with E-state index in [2.05, 4.69) is 11.9 Å². The summed E-state index contributed by atoms with van der Waals surface area (Å²) >= 11 is 0. The van der Waals surface area contributed by atoms with Crippen LogP contribution in [0.3, 0.4) is 0 Å². The van der Waals surface area contributed by atoms with Crippen LogP contribution in [0.2, 0.25) is 0 Å². The number of unbranched alkanes of at least 4 members (excludes halogenated alkanes) is 1. The van der Waals surface area contributed by atoms with Crippen molar-refractivity contribution < 1.29 is 9.18 Å². The summed E-state index contributed by atoms with van der Waals surface area (Å²) in [5, 5.41) is 0. The Kier molecular flexibility index (Phi) is 5.73. The van der Waals surface area contributed by atoms with E-state index in [-0.39, 0.29) is 23.3 Å². The Labute approximate surface area is 113 Å². The van der Waals surface area contributed by atoms with Gasteiger partial charge in [-0.3, -0.25) is 4.79 Å². The molecule has 0 fully saturated rings. The minimum absolute atomic E-state index is 0.00361. The minimum atomic E-state index is -0.725. The molecule has 1 atom stereocenters. The second-order valence-electron chi connectivity index (χ2n) is 4.67. The highest BCUT2D eigenvalue weighted by molar-refractivity contribution is 5.95. The van der Waals surface area contributed by atoms with Gasteiger partial charge in [-0.1, -0.05) is 20.3 Å². The van der Waals surface area contributed by atoms with Gasteiger partial charge in [0, 0.05) is 18.8 Å². The number of carbonyl (C=O) groups excluding carboxylic acids is 1. The first-order valence-electron chi connectivity index (χ1n) is 6.73. The SMILES string of the molecule is CCCCN(C(=O)c1ccnc(N)c1F)C(C)CC. The first kappa shape index (κ1) is 15.4. The van der Waals surface area contributed by atoms with E-state index in [1.807, 2.05) is 13.8 Å². The molecule has 0 aromatic carbocycles. The van der Waals surface area contributed by atoms with Gasteiger partial charge in [-0.25, -0.2) is 9.37 Å². The van der Waals surface area contributed by atoms with Gasteiger partial charge in [0.2, 0.25) is 0 Å². The zero-order valence-corrected chi connectivity index (χ0v) is 11.8. The van der Waals surface area contributed by atoms with Gasteiger partial charge < -0.3 is 10.6 Å². The topological polar surface area (TPSA) is 59.2 Å². The monoisotopic (exact) mass is 267 g/mol. The molecule has 2 N–H and O–H groups in total. The third-order valence-corrected chi connectivity index (χ3v) is 3.28. The van der Waals surface area contributed by atoms with E-state index in [9.17, 15) is 9.18 Å². The molecule has 1 heterocycles. The van der Waals surface area contributed by atoms with E-state index in [0.29, 0.717) is 6.54 Å². The number of hydrogen-bond acceptors (Lipinski definition) is 3. The van der Waals surface area contributed by atoms with Crippen LogP contribution in [0, 0.1) is 5.82 Å². The second-order valence-corrected chi connectivity index (χ2v) is 4.67. The van der Waals surface area contributed by atoms with Crippen LogP contribution in [0.1, 0.15) is 50.4 Å². The minimum Gasteiger partial charge on any atom is -0.381 e. The standard InChI is InChI=1S/C14H22FN3O/c1-4-6-9-18(10(3)5-2)14(19)11-7-8-17-13(16)12(11)15/h7-8,10H,4-6,9H2,1-3H3,(H2,16,17). The molecule has 0 aliphatic carbocycles. The van der Waals surface area contributed by atoms with E-state index < -0.39 is 5.82 Å². The van der Waals surface area contributed by atoms with Crippen LogP contribution in [0.4, 0.5) is 10.2 Å². The van der Waals surface area contributed by atoms with Crippen LogP contribution in [-0.4, -0.2) is 28.4 Å². The molecule has 5 heteroatoms. The lowest BCUT2D eigenvalue weighted by Crippen LogP contribution is -2.39. The van der Waals surface area contributed by atoms with Crippen molar-refractivity contribution in [2.75, 3.05) is 12.3 Å². The van der Waals surface area contributed by atoms with E-state index in [0.717, 1.165) is 19.3 Å². The Morgan fingerprint density at radius 2 is 2.21 bits per heavy atom. The number of nitrogens with zero attached hydrogens (tertiary/aromatic N) is 2. The van der Waals surface area contributed by atoms with Crippen molar-refractivity contribution in [3.05, 3.63) is 23.6 Å². The Hall–Kier alpha value is -1.65. The molecule has 1 rings (SSSR count). The number of anilines is 1. The maximum absolute atomic E-state index is 13.9. The third-order valence-electron chi connectivity index (χ3n) is 3.28. The third kappa shape index (κ3) is 3.66. The Morgan fingerprint density at radius 1 is 1.53 bits per heavy atom. The number of rotatable bonds is 6. The zero-order chi connectivity index (χ0) is 14.4. The van der Waals surface area contributed by atoms with Crippen molar-refractivity contribution in [2.45, 2.75) is 46.1 Å². The first-order valence-corrected chi connectivity index (χ1v) is 6.73. The summed E-state index contributed by atoms with van der Waals surface area (Å²) in [7, 11) is 0. The molecule has 0 bridgehead atoms. The molecule has 106 valence electrons. The van der Waals surface area contributed by atoms with Crippen LogP contribution in [0.25, 0.3) is 0 Å². The van der Waals surface area contributed by atoms with E-state index in [1.54, 1.807) is 4.90 Å². The van der Waals surface area contributed by atoms with Crippen LogP contribution < -0.4 is 5.73 Å². The molecular formula is C14H22FN3O. The summed E-state index contributed by atoms with van der Waals surface area (Å²) in [5.41, 5.74) is 5.41. The molecule has 1 aromatic heterocycles. The molecule has 4 nitrogen and oxygen atoms in total. The predicted molar refractivity (Wildman–Crippen MR) is 74.3 cm³/mol. The van der Waals surface area contributed by atoms with Crippen molar-refractivity contribution in [3.8, 4) is 0 Å². The van der Waals surface area contributed by atoms with Crippen LogP contribution >= 0.6 is 0 Å². The van der Waals surface area contributed by atoms with Gasteiger partial charge in [0.1, 0.15) is 0 Å². The molecule has 0 aliphatic heterocycles. The van der Waals surface area contributed by atoms with Gasteiger partial charge in [0.25, 0.3) is 5.91 Å². The fraction of sp³-hybridized carbons (Fsp3) is 0.571. The van der Waals surface area contributed by atoms with Gasteiger partial charge in [0.05, 0.1) is 5.56 Å². The van der Waals surface area contributed by atoms with Crippen molar-refractivity contribution in [3.63, 3.8) is 0 Å². The van der Waals surface area contributed by atoms with Crippen molar-refractivity contribution >= 4 is 11.7 Å². The smallest absolute Gasteiger partial charge is 0.257 e. The van der Waals surface area contributed by atoms with E-state index in [4.69, 9.17) is 5.73 Å². The predicted octanol–water partition coefficient (Wildman–Crippen LogP) is 2.84. The van der Waals surface area contributed by atoms with Crippen LogP contribution in [0.5, 0.6) is 0 Å². The van der Waals surface area contributed by atoms with Crippen LogP contribution in [-0.2, 0) is 0 Å². The van der Waals surface area contributed by atoms with Crippen LogP contribution in [0.15, 0.2) is 12.3 Å². The number of amides is 1. The molecule has 1 amide bonds. The lowest BCUT2D eigenvalue weighted by molar-refractivity contribution is 0.0680. The summed E-state index contributed by atoms with van der Waals surface area (Å²) in [4.78, 5) is 17.8. The quantitative estimate of drug-likeness (QED) is 0.862. The average molecular weight is 267 g/mol. The summed E-state index contributed by atoms with van der Waals surface area (Å²) in [5.74, 6) is -1.27. The van der Waals surface area contributed by atoms with Gasteiger partial charge in [-0.2, -0.15) is 0 Å². The number of hydrogen-bond donors (Lipinski definition) is 1. The lowest BCUT2D eigenvalue weighted by Gasteiger charge is -2.28. The molecule has 0 radical (unpaired) electrons. The highest BCUT2D eigenvalue weighted by atomic mass is 19.1. The molecule has 1 aromatic rings. The zero-order valence-electron chi connectivity index (χ0n) is 11.8. The Bertz CT molecular complexity index is 437. The number of halogens is 1. The average Bonchev–Trinajstić information content (AvgIpc) is 2.41. The number of aromatic nitrogens is 1. The van der Waals surface area contributed by atoms with E-state index >= 15 is 0 Å². The summed E-state index contributed by atoms with van der Waals surface area (Å²) < 4.78 is 13.9. The summed E-state index contributed by atoms with van der Waals surface area (Å²) in [6.45, 7) is 6.67. The fourth-order valence-corrected chi connectivity index (χ4v) is 1.85. The maximum Gasteiger partial charge on any atom is 0.257 e. The van der Waals surface area contributed by atoms with Gasteiger partial charge in [-0.15, -0.1) is 0 Å². The van der Waals surface area contributed by atoms with Crippen molar-refractivity contribution in [1.29, 1.82) is 0 Å². The molecule has 0 saturated carbocycles. The molecule has 1 unspecified atom stereocenters. The normalized spacial score (nSPS) is 12.2. The summed E-state index contributed by atoms with van der Waals surface area (Å²) in [6, 6.07) is 1.46. The fourth-order valence-electron chi connectivity index (χ4n) is 1.85. The first-order chi connectivity index (χ1) is 9.02. The number of nitrogen functional groups attached to an aromatic ring is 1. The molecule has 0 saturated heterocycles. The van der Waals surface area contributed by atoms with Crippen molar-refractivity contribution in [1.82, 2.24) is 9.88 Å². The Morgan fingerprint density at radius 3 is 2.79 bits per heavy atom. The Balaban J connectivity index is 3.01. The molecule has 19 heavy (non-hydrogen) atoms. The number of pyridine rings is 1. The number of carbonyl (C=O) groups is 1. The lowest BCUT2D eigenvalue weighted by atomic mass is 10.1. The second kappa shape index (κ2) is 7.07. The highest BCUT2D eigenvalue weighted by Gasteiger charge is 2.23. The highest BCUT2D eigenvalue weighted by Crippen LogP contribution is 2.17. The maximum atomic E-state index is 13.9. The summed E-state index contributed by atoms with van der Waals surface area (Å²) in [6.07, 6.45) is 4.08. The van der Waals surface area contributed by atoms with Crippen molar-refractivity contribution in [2.24, 2.45) is 0 Å². The molecule has 0 aliphatic rings. The molecular weight excluding hydrogens is 245 g/mol. The van der Waals surface area contributed by atoms with E-state index in [1.165, 1.54) is 12.3 Å².